The van der Waals surface area contributed by atoms with Crippen LogP contribution in [-0.2, 0) is 0 Å². The Labute approximate surface area is 122 Å². The van der Waals surface area contributed by atoms with Crippen molar-refractivity contribution in [3.05, 3.63) is 0 Å². The summed E-state index contributed by atoms with van der Waals surface area (Å²) in [5.74, 6) is 7.81. The fraction of sp³-hybridized carbons (Fsp3) is 0.941. The van der Waals surface area contributed by atoms with Gasteiger partial charge in [0.05, 0.1) is 6.04 Å². The topological polar surface area (TPSA) is 50.4 Å². The average Bonchev–Trinajstić information content (AvgIpc) is 3.06. The standard InChI is InChI=1S/C17H29N3/c1-15-5-12-6-16(2,9-15)11-17(7-12,10-15)8-14(20-18)19-13-3-4-13/h12-13H,3-11,18H2,1-2H3,(H,19,20). The van der Waals surface area contributed by atoms with Gasteiger partial charge in [0.2, 0.25) is 0 Å². The summed E-state index contributed by atoms with van der Waals surface area (Å²) < 4.78 is 0. The first kappa shape index (κ1) is 13.1. The first-order valence-electron chi connectivity index (χ1n) is 8.45. The molecule has 0 aromatic carbocycles. The van der Waals surface area contributed by atoms with E-state index in [0.717, 1.165) is 18.2 Å². The summed E-state index contributed by atoms with van der Waals surface area (Å²) in [4.78, 5) is 4.81. The Balaban J connectivity index is 1.60. The zero-order valence-electron chi connectivity index (χ0n) is 13.0. The predicted molar refractivity (Wildman–Crippen MR) is 82.2 cm³/mol. The number of hydrogen-bond acceptors (Lipinski definition) is 2. The molecule has 0 saturated heterocycles. The highest BCUT2D eigenvalue weighted by Gasteiger charge is 2.60. The molecule has 0 aliphatic heterocycles. The van der Waals surface area contributed by atoms with Crippen LogP contribution in [0.5, 0.6) is 0 Å². The molecule has 0 spiro atoms. The molecular formula is C17H29N3. The summed E-state index contributed by atoms with van der Waals surface area (Å²) in [6, 6.07) is 0.570. The minimum atomic E-state index is 0.489. The second-order valence-electron chi connectivity index (χ2n) is 9.26. The van der Waals surface area contributed by atoms with Gasteiger partial charge in [0.25, 0.3) is 0 Å². The van der Waals surface area contributed by atoms with Gasteiger partial charge < -0.3 is 5.43 Å². The van der Waals surface area contributed by atoms with Gasteiger partial charge in [-0.25, -0.2) is 5.84 Å². The molecule has 0 aromatic heterocycles. The number of hydrazine groups is 1. The molecule has 3 nitrogen and oxygen atoms in total. The second-order valence-corrected chi connectivity index (χ2v) is 9.26. The van der Waals surface area contributed by atoms with Crippen molar-refractivity contribution >= 4 is 5.84 Å². The highest BCUT2D eigenvalue weighted by Crippen LogP contribution is 2.70. The van der Waals surface area contributed by atoms with Gasteiger partial charge in [-0.3, -0.25) is 4.99 Å². The summed E-state index contributed by atoms with van der Waals surface area (Å²) in [5.41, 5.74) is 4.59. The van der Waals surface area contributed by atoms with E-state index in [-0.39, 0.29) is 0 Å². The largest absolute Gasteiger partial charge is 0.312 e. The second kappa shape index (κ2) is 4.00. The Morgan fingerprint density at radius 1 is 1.10 bits per heavy atom. The van der Waals surface area contributed by atoms with E-state index in [0.29, 0.717) is 22.3 Å². The number of rotatable bonds is 3. The molecule has 5 aliphatic carbocycles. The zero-order chi connectivity index (χ0) is 14.0. The fourth-order valence-electron chi connectivity index (χ4n) is 6.79. The van der Waals surface area contributed by atoms with Gasteiger partial charge >= 0.3 is 0 Å². The van der Waals surface area contributed by atoms with Gasteiger partial charge in [0.1, 0.15) is 5.84 Å². The van der Waals surface area contributed by atoms with E-state index >= 15 is 0 Å². The van der Waals surface area contributed by atoms with Crippen molar-refractivity contribution in [1.82, 2.24) is 5.43 Å². The first-order chi connectivity index (χ1) is 9.42. The number of amidine groups is 1. The molecule has 3 heteroatoms. The molecule has 0 heterocycles. The van der Waals surface area contributed by atoms with Crippen molar-refractivity contribution in [2.24, 2.45) is 33.0 Å². The van der Waals surface area contributed by atoms with Crippen LogP contribution in [0, 0.1) is 22.2 Å². The lowest BCUT2D eigenvalue weighted by Crippen LogP contribution is -2.56. The van der Waals surface area contributed by atoms with Crippen LogP contribution in [0.2, 0.25) is 0 Å². The van der Waals surface area contributed by atoms with Crippen LogP contribution in [0.3, 0.4) is 0 Å². The minimum absolute atomic E-state index is 0.489. The van der Waals surface area contributed by atoms with Gasteiger partial charge in [0, 0.05) is 6.42 Å². The van der Waals surface area contributed by atoms with Crippen LogP contribution in [-0.4, -0.2) is 11.9 Å². The van der Waals surface area contributed by atoms with Crippen LogP contribution >= 0.6 is 0 Å². The van der Waals surface area contributed by atoms with E-state index in [1.165, 1.54) is 51.4 Å². The third-order valence-corrected chi connectivity index (χ3v) is 6.34. The molecule has 112 valence electrons. The Kier molecular flexibility index (Phi) is 2.62. The molecule has 3 N–H and O–H groups in total. The third-order valence-electron chi connectivity index (χ3n) is 6.34. The van der Waals surface area contributed by atoms with Gasteiger partial charge in [0.15, 0.2) is 0 Å². The molecule has 4 bridgehead atoms. The molecular weight excluding hydrogens is 246 g/mol. The molecule has 5 fully saturated rings. The van der Waals surface area contributed by atoms with Crippen LogP contribution in [0.15, 0.2) is 4.99 Å². The maximum Gasteiger partial charge on any atom is 0.111 e. The first-order valence-corrected chi connectivity index (χ1v) is 8.45. The fourth-order valence-corrected chi connectivity index (χ4v) is 6.79. The zero-order valence-corrected chi connectivity index (χ0v) is 13.0. The highest BCUT2D eigenvalue weighted by atomic mass is 15.3. The van der Waals surface area contributed by atoms with Gasteiger partial charge in [-0.15, -0.1) is 0 Å². The van der Waals surface area contributed by atoms with E-state index in [1.54, 1.807) is 0 Å². The molecule has 2 atom stereocenters. The molecule has 5 rings (SSSR count). The van der Waals surface area contributed by atoms with Crippen molar-refractivity contribution < 1.29 is 0 Å². The SMILES string of the molecule is CC12CC3CC(C)(C1)CC(CC(=NC1CC1)NN)(C3)C2. The van der Waals surface area contributed by atoms with Crippen molar-refractivity contribution in [3.63, 3.8) is 0 Å². The monoisotopic (exact) mass is 275 g/mol. The Morgan fingerprint density at radius 2 is 1.75 bits per heavy atom. The Hall–Kier alpha value is -0.570. The summed E-state index contributed by atoms with van der Waals surface area (Å²) >= 11 is 0. The smallest absolute Gasteiger partial charge is 0.111 e. The number of aliphatic imine (C=N–C) groups is 1. The molecule has 0 amide bonds. The summed E-state index contributed by atoms with van der Waals surface area (Å²) in [5, 5.41) is 0. The van der Waals surface area contributed by atoms with Gasteiger partial charge in [-0.1, -0.05) is 13.8 Å². The summed E-state index contributed by atoms with van der Waals surface area (Å²) in [6.07, 6.45) is 12.2. The quantitative estimate of drug-likeness (QED) is 0.359. The normalized spacial score (nSPS) is 50.5. The maximum absolute atomic E-state index is 5.76. The van der Waals surface area contributed by atoms with Crippen molar-refractivity contribution in [2.45, 2.75) is 77.7 Å². The van der Waals surface area contributed by atoms with Crippen LogP contribution in [0.4, 0.5) is 0 Å². The predicted octanol–water partition coefficient (Wildman–Crippen LogP) is 3.40. The molecule has 0 aromatic rings. The van der Waals surface area contributed by atoms with E-state index < -0.39 is 0 Å². The van der Waals surface area contributed by atoms with Crippen molar-refractivity contribution in [3.8, 4) is 0 Å². The number of nitrogens with two attached hydrogens (primary N) is 1. The lowest BCUT2D eigenvalue weighted by molar-refractivity contribution is -0.141. The van der Waals surface area contributed by atoms with Gasteiger partial charge in [-0.2, -0.15) is 0 Å². The summed E-state index contributed by atoms with van der Waals surface area (Å²) in [6.45, 7) is 5.08. The summed E-state index contributed by atoms with van der Waals surface area (Å²) in [7, 11) is 0. The number of hydrogen-bond donors (Lipinski definition) is 2. The molecule has 2 unspecified atom stereocenters. The lowest BCUT2D eigenvalue weighted by Gasteiger charge is -2.65. The average molecular weight is 275 g/mol. The number of nitrogens with zero attached hydrogens (tertiary/aromatic N) is 1. The minimum Gasteiger partial charge on any atom is -0.312 e. The molecule has 20 heavy (non-hydrogen) atoms. The molecule has 0 radical (unpaired) electrons. The van der Waals surface area contributed by atoms with Crippen LogP contribution in [0.25, 0.3) is 0 Å². The van der Waals surface area contributed by atoms with E-state index in [9.17, 15) is 0 Å². The molecule has 5 saturated carbocycles. The van der Waals surface area contributed by atoms with Crippen LogP contribution in [0.1, 0.15) is 71.6 Å². The Morgan fingerprint density at radius 3 is 2.25 bits per heavy atom. The maximum atomic E-state index is 5.76. The molecule has 5 aliphatic rings. The lowest BCUT2D eigenvalue weighted by atomic mass is 9.40. The van der Waals surface area contributed by atoms with Gasteiger partial charge in [-0.05, 0) is 73.5 Å². The van der Waals surface area contributed by atoms with E-state index in [1.807, 2.05) is 0 Å². The Bertz CT molecular complexity index is 433. The van der Waals surface area contributed by atoms with Crippen molar-refractivity contribution in [1.29, 1.82) is 0 Å². The van der Waals surface area contributed by atoms with Crippen molar-refractivity contribution in [2.75, 3.05) is 0 Å². The van der Waals surface area contributed by atoms with Crippen LogP contribution < -0.4 is 11.3 Å². The number of nitrogens with one attached hydrogen (secondary N) is 1. The third kappa shape index (κ3) is 2.18. The highest BCUT2D eigenvalue weighted by molar-refractivity contribution is 5.82. The van der Waals surface area contributed by atoms with E-state index in [2.05, 4.69) is 19.3 Å². The van der Waals surface area contributed by atoms with E-state index in [4.69, 9.17) is 10.8 Å².